The van der Waals surface area contributed by atoms with Crippen LogP contribution in [0, 0.1) is 0 Å². The van der Waals surface area contributed by atoms with Crippen LogP contribution in [0.5, 0.6) is 11.5 Å². The van der Waals surface area contributed by atoms with Crippen LogP contribution in [0.4, 0.5) is 0 Å². The van der Waals surface area contributed by atoms with Crippen LogP contribution in [0.15, 0.2) is 18.2 Å². The highest BCUT2D eigenvalue weighted by Crippen LogP contribution is 2.31. The van der Waals surface area contributed by atoms with Crippen LogP contribution < -0.4 is 9.47 Å². The second-order valence-electron chi connectivity index (χ2n) is 4.27. The lowest BCUT2D eigenvalue weighted by Crippen LogP contribution is -2.16. The van der Waals surface area contributed by atoms with E-state index in [0.717, 1.165) is 6.42 Å². The van der Waals surface area contributed by atoms with Gasteiger partial charge in [-0.15, -0.1) is 0 Å². The predicted octanol–water partition coefficient (Wildman–Crippen LogP) is 1.93. The molecular weight excluding hydrogens is 292 g/mol. The largest absolute Gasteiger partial charge is 0.493 e. The summed E-state index contributed by atoms with van der Waals surface area (Å²) >= 11 is 0. The van der Waals surface area contributed by atoms with Crippen LogP contribution in [-0.2, 0) is 19.5 Å². The summed E-state index contributed by atoms with van der Waals surface area (Å²) in [5, 5.41) is 0. The van der Waals surface area contributed by atoms with Gasteiger partial charge < -0.3 is 14.2 Å². The Morgan fingerprint density at radius 1 is 1.42 bits per heavy atom. The first-order valence-corrected chi connectivity index (χ1v) is 8.29. The highest BCUT2D eigenvalue weighted by atomic mass is 35.7. The molecule has 1 saturated heterocycles. The van der Waals surface area contributed by atoms with E-state index in [-0.39, 0.29) is 11.9 Å². The molecule has 5 nitrogen and oxygen atoms in total. The van der Waals surface area contributed by atoms with E-state index in [1.54, 1.807) is 18.2 Å². The van der Waals surface area contributed by atoms with Crippen molar-refractivity contribution in [1.29, 1.82) is 0 Å². The number of halogens is 1. The maximum atomic E-state index is 11.1. The average molecular weight is 307 g/mol. The first kappa shape index (κ1) is 14.4. The minimum Gasteiger partial charge on any atom is -0.493 e. The second-order valence-corrected chi connectivity index (χ2v) is 7.05. The van der Waals surface area contributed by atoms with Gasteiger partial charge in [0.1, 0.15) is 6.10 Å². The van der Waals surface area contributed by atoms with Gasteiger partial charge in [-0.05, 0) is 17.7 Å². The number of rotatable bonds is 5. The summed E-state index contributed by atoms with van der Waals surface area (Å²) in [6, 6.07) is 4.95. The van der Waals surface area contributed by atoms with E-state index in [4.69, 9.17) is 24.9 Å². The lowest BCUT2D eigenvalue weighted by molar-refractivity contribution is 0.138. The van der Waals surface area contributed by atoms with Gasteiger partial charge >= 0.3 is 0 Å². The zero-order valence-electron chi connectivity index (χ0n) is 10.5. The molecule has 1 aromatic carbocycles. The molecule has 0 radical (unpaired) electrons. The van der Waals surface area contributed by atoms with Crippen molar-refractivity contribution in [2.45, 2.75) is 18.3 Å². The summed E-state index contributed by atoms with van der Waals surface area (Å²) < 4.78 is 38.4. The third-order valence-electron chi connectivity index (χ3n) is 2.75. The maximum Gasteiger partial charge on any atom is 0.236 e. The molecule has 19 heavy (non-hydrogen) atoms. The van der Waals surface area contributed by atoms with Crippen LogP contribution in [0.1, 0.15) is 12.0 Å². The highest BCUT2D eigenvalue weighted by molar-refractivity contribution is 8.13. The minimum absolute atomic E-state index is 0.0308. The summed E-state index contributed by atoms with van der Waals surface area (Å²) in [7, 11) is 3.19. The normalized spacial score (nSPS) is 19.4. The van der Waals surface area contributed by atoms with E-state index in [1.807, 2.05) is 0 Å². The number of ether oxygens (including phenoxy) is 3. The van der Waals surface area contributed by atoms with Crippen molar-refractivity contribution in [3.05, 3.63) is 23.8 Å². The molecule has 1 heterocycles. The van der Waals surface area contributed by atoms with Gasteiger partial charge in [-0.25, -0.2) is 8.42 Å². The summed E-state index contributed by atoms with van der Waals surface area (Å²) in [5.74, 6) is 0.828. The van der Waals surface area contributed by atoms with Crippen molar-refractivity contribution in [1.82, 2.24) is 0 Å². The average Bonchev–Trinajstić information content (AvgIpc) is 2.80. The zero-order valence-corrected chi connectivity index (χ0v) is 12.0. The third-order valence-corrected chi connectivity index (χ3v) is 3.75. The van der Waals surface area contributed by atoms with Crippen LogP contribution in [0.3, 0.4) is 0 Å². The van der Waals surface area contributed by atoms with Gasteiger partial charge in [-0.2, -0.15) is 0 Å². The standard InChI is InChI=1S/C12H15ClO5S/c1-16-11-3-2-9(8-19(13,14)15)6-12(11)18-10-4-5-17-7-10/h2-3,6,10H,4-5,7-8H2,1H3. The molecule has 7 heteroatoms. The second kappa shape index (κ2) is 5.98. The van der Waals surface area contributed by atoms with Crippen molar-refractivity contribution in [3.8, 4) is 11.5 Å². The Morgan fingerprint density at radius 2 is 2.21 bits per heavy atom. The Bertz CT molecular complexity index is 537. The molecule has 1 aromatic rings. The molecule has 0 spiro atoms. The first-order valence-electron chi connectivity index (χ1n) is 5.81. The fraction of sp³-hybridized carbons (Fsp3) is 0.500. The van der Waals surface area contributed by atoms with E-state index in [2.05, 4.69) is 0 Å². The Hall–Kier alpha value is -0.980. The fourth-order valence-electron chi connectivity index (χ4n) is 1.89. The Morgan fingerprint density at radius 3 is 2.79 bits per heavy atom. The number of hydrogen-bond acceptors (Lipinski definition) is 5. The van der Waals surface area contributed by atoms with Crippen molar-refractivity contribution < 1.29 is 22.6 Å². The van der Waals surface area contributed by atoms with E-state index in [9.17, 15) is 8.42 Å². The molecule has 2 rings (SSSR count). The molecule has 1 unspecified atom stereocenters. The molecule has 1 aliphatic heterocycles. The van der Waals surface area contributed by atoms with Crippen molar-refractivity contribution in [3.63, 3.8) is 0 Å². The summed E-state index contributed by atoms with van der Waals surface area (Å²) in [6.45, 7) is 1.20. The Kier molecular flexibility index (Phi) is 4.54. The van der Waals surface area contributed by atoms with Gasteiger partial charge in [0.15, 0.2) is 11.5 Å². The smallest absolute Gasteiger partial charge is 0.236 e. The zero-order chi connectivity index (χ0) is 13.9. The number of hydrogen-bond donors (Lipinski definition) is 0. The van der Waals surface area contributed by atoms with E-state index < -0.39 is 9.05 Å². The van der Waals surface area contributed by atoms with Crippen LogP contribution in [-0.4, -0.2) is 34.8 Å². The molecule has 0 amide bonds. The van der Waals surface area contributed by atoms with E-state index in [0.29, 0.717) is 30.3 Å². The summed E-state index contributed by atoms with van der Waals surface area (Å²) in [5.41, 5.74) is 0.560. The lowest BCUT2D eigenvalue weighted by Gasteiger charge is -2.15. The Labute approximate surface area is 116 Å². The highest BCUT2D eigenvalue weighted by Gasteiger charge is 2.19. The monoisotopic (exact) mass is 306 g/mol. The third kappa shape index (κ3) is 4.26. The maximum absolute atomic E-state index is 11.1. The molecule has 0 aliphatic carbocycles. The van der Waals surface area contributed by atoms with Crippen molar-refractivity contribution in [2.24, 2.45) is 0 Å². The molecule has 1 fully saturated rings. The fourth-order valence-corrected chi connectivity index (χ4v) is 2.84. The first-order chi connectivity index (χ1) is 8.98. The molecule has 0 bridgehead atoms. The van der Waals surface area contributed by atoms with Gasteiger partial charge in [0.05, 0.1) is 26.1 Å². The number of methoxy groups -OCH3 is 1. The van der Waals surface area contributed by atoms with E-state index >= 15 is 0 Å². The molecule has 0 saturated carbocycles. The SMILES string of the molecule is COc1ccc(CS(=O)(=O)Cl)cc1OC1CCOC1. The summed E-state index contributed by atoms with van der Waals surface area (Å²) in [4.78, 5) is 0. The van der Waals surface area contributed by atoms with Gasteiger partial charge in [0, 0.05) is 17.1 Å². The topological polar surface area (TPSA) is 61.8 Å². The van der Waals surface area contributed by atoms with Crippen molar-refractivity contribution >= 4 is 19.7 Å². The molecule has 1 aliphatic rings. The van der Waals surface area contributed by atoms with Crippen molar-refractivity contribution in [2.75, 3.05) is 20.3 Å². The van der Waals surface area contributed by atoms with E-state index in [1.165, 1.54) is 7.11 Å². The molecule has 106 valence electrons. The van der Waals surface area contributed by atoms with Gasteiger partial charge in [-0.1, -0.05) is 6.07 Å². The Balaban J connectivity index is 2.20. The van der Waals surface area contributed by atoms with Gasteiger partial charge in [0.2, 0.25) is 9.05 Å². The molecular formula is C12H15ClO5S. The predicted molar refractivity (Wildman–Crippen MR) is 71.3 cm³/mol. The molecule has 0 aromatic heterocycles. The lowest BCUT2D eigenvalue weighted by atomic mass is 10.2. The van der Waals surface area contributed by atoms with Gasteiger partial charge in [0.25, 0.3) is 0 Å². The molecule has 1 atom stereocenters. The molecule has 0 N–H and O–H groups in total. The quantitative estimate of drug-likeness (QED) is 0.778. The van der Waals surface area contributed by atoms with Crippen LogP contribution >= 0.6 is 10.7 Å². The van der Waals surface area contributed by atoms with Crippen LogP contribution in [0.25, 0.3) is 0 Å². The van der Waals surface area contributed by atoms with Crippen LogP contribution in [0.2, 0.25) is 0 Å². The van der Waals surface area contributed by atoms with Gasteiger partial charge in [-0.3, -0.25) is 0 Å². The summed E-state index contributed by atoms with van der Waals surface area (Å²) in [6.07, 6.45) is 0.776. The minimum atomic E-state index is -3.59. The number of benzene rings is 1.